The van der Waals surface area contributed by atoms with Gasteiger partial charge in [0.25, 0.3) is 0 Å². The van der Waals surface area contributed by atoms with E-state index in [0.29, 0.717) is 12.6 Å². The van der Waals surface area contributed by atoms with Gasteiger partial charge in [-0.15, -0.1) is 0 Å². The van der Waals surface area contributed by atoms with Crippen LogP contribution >= 0.6 is 0 Å². The van der Waals surface area contributed by atoms with E-state index < -0.39 is 0 Å². The van der Waals surface area contributed by atoms with Crippen molar-refractivity contribution < 1.29 is 9.47 Å². The minimum atomic E-state index is 0.446. The van der Waals surface area contributed by atoms with Crippen LogP contribution in [0.25, 0.3) is 0 Å². The highest BCUT2D eigenvalue weighted by Gasteiger charge is 2.14. The van der Waals surface area contributed by atoms with Crippen molar-refractivity contribution in [1.82, 2.24) is 0 Å². The molecule has 1 fully saturated rings. The zero-order valence-electron chi connectivity index (χ0n) is 9.03. The molecule has 2 rings (SSSR count). The van der Waals surface area contributed by atoms with Crippen LogP contribution in [0.2, 0.25) is 0 Å². The average molecular weight is 207 g/mol. The fourth-order valence-electron chi connectivity index (χ4n) is 1.73. The molecule has 1 N–H and O–H groups in total. The number of nitrogens with one attached hydrogen (secondary N) is 1. The van der Waals surface area contributed by atoms with Gasteiger partial charge in [0.05, 0.1) is 19.3 Å². The molecule has 1 atom stereocenters. The molecule has 1 aromatic rings. The summed E-state index contributed by atoms with van der Waals surface area (Å²) in [5, 5.41) is 3.43. The van der Waals surface area contributed by atoms with Gasteiger partial charge in [0.15, 0.2) is 0 Å². The Labute approximate surface area is 90.4 Å². The molecule has 0 spiro atoms. The molecule has 82 valence electrons. The molecule has 15 heavy (non-hydrogen) atoms. The average Bonchev–Trinajstić information content (AvgIpc) is 2.71. The lowest BCUT2D eigenvalue weighted by Gasteiger charge is -2.13. The Bertz CT molecular complexity index is 308. The molecule has 0 aliphatic carbocycles. The van der Waals surface area contributed by atoms with E-state index in [2.05, 4.69) is 11.4 Å². The van der Waals surface area contributed by atoms with E-state index in [-0.39, 0.29) is 0 Å². The van der Waals surface area contributed by atoms with Crippen LogP contribution in [0.15, 0.2) is 24.3 Å². The Morgan fingerprint density at radius 3 is 3.20 bits per heavy atom. The van der Waals surface area contributed by atoms with E-state index in [1.807, 2.05) is 25.1 Å². The summed E-state index contributed by atoms with van der Waals surface area (Å²) in [7, 11) is 0. The lowest BCUT2D eigenvalue weighted by molar-refractivity contribution is 0.195. The van der Waals surface area contributed by atoms with E-state index in [1.54, 1.807) is 0 Å². The Balaban J connectivity index is 1.97. The zero-order chi connectivity index (χ0) is 10.5. The van der Waals surface area contributed by atoms with Crippen LogP contribution in [-0.2, 0) is 4.74 Å². The summed E-state index contributed by atoms with van der Waals surface area (Å²) in [4.78, 5) is 0. The number of ether oxygens (including phenoxy) is 2. The lowest BCUT2D eigenvalue weighted by atomic mass is 10.2. The van der Waals surface area contributed by atoms with Crippen molar-refractivity contribution in [2.24, 2.45) is 0 Å². The van der Waals surface area contributed by atoms with Crippen molar-refractivity contribution >= 4 is 5.69 Å². The van der Waals surface area contributed by atoms with E-state index in [4.69, 9.17) is 9.47 Å². The molecule has 1 unspecified atom stereocenters. The smallest absolute Gasteiger partial charge is 0.121 e. The molecule has 3 heteroatoms. The quantitative estimate of drug-likeness (QED) is 0.821. The Kier molecular flexibility index (Phi) is 3.45. The fraction of sp³-hybridized carbons (Fsp3) is 0.500. The topological polar surface area (TPSA) is 30.5 Å². The van der Waals surface area contributed by atoms with Crippen LogP contribution in [0.5, 0.6) is 5.75 Å². The molecule has 1 saturated heterocycles. The molecule has 1 heterocycles. The fourth-order valence-corrected chi connectivity index (χ4v) is 1.73. The van der Waals surface area contributed by atoms with Gasteiger partial charge in [-0.2, -0.15) is 0 Å². The molecule has 0 aromatic heterocycles. The van der Waals surface area contributed by atoms with E-state index >= 15 is 0 Å². The van der Waals surface area contributed by atoms with E-state index in [0.717, 1.165) is 31.1 Å². The van der Waals surface area contributed by atoms with Gasteiger partial charge in [0.2, 0.25) is 0 Å². The van der Waals surface area contributed by atoms with Gasteiger partial charge in [-0.05, 0) is 25.5 Å². The maximum Gasteiger partial charge on any atom is 0.121 e. The highest BCUT2D eigenvalue weighted by molar-refractivity contribution is 5.48. The highest BCUT2D eigenvalue weighted by Crippen LogP contribution is 2.19. The van der Waals surface area contributed by atoms with Crippen molar-refractivity contribution in [3.63, 3.8) is 0 Å². The van der Waals surface area contributed by atoms with Crippen molar-refractivity contribution in [1.29, 1.82) is 0 Å². The van der Waals surface area contributed by atoms with Gasteiger partial charge in [0.1, 0.15) is 5.75 Å². The first kappa shape index (κ1) is 10.3. The number of hydrogen-bond acceptors (Lipinski definition) is 3. The molecule has 0 saturated carbocycles. The second kappa shape index (κ2) is 5.03. The second-order valence-corrected chi connectivity index (χ2v) is 3.67. The Morgan fingerprint density at radius 2 is 2.47 bits per heavy atom. The summed E-state index contributed by atoms with van der Waals surface area (Å²) in [6, 6.07) is 8.51. The van der Waals surface area contributed by atoms with E-state index in [1.165, 1.54) is 0 Å². The summed E-state index contributed by atoms with van der Waals surface area (Å²) in [6.45, 7) is 4.36. The number of benzene rings is 1. The highest BCUT2D eigenvalue weighted by atomic mass is 16.5. The Hall–Kier alpha value is -1.22. The van der Waals surface area contributed by atoms with Gasteiger partial charge in [-0.1, -0.05) is 6.07 Å². The van der Waals surface area contributed by atoms with Crippen LogP contribution < -0.4 is 10.1 Å². The minimum absolute atomic E-state index is 0.446. The molecular weight excluding hydrogens is 190 g/mol. The third kappa shape index (κ3) is 2.86. The largest absolute Gasteiger partial charge is 0.494 e. The molecule has 0 bridgehead atoms. The molecule has 0 amide bonds. The summed E-state index contributed by atoms with van der Waals surface area (Å²) >= 11 is 0. The third-order valence-electron chi connectivity index (χ3n) is 2.45. The minimum Gasteiger partial charge on any atom is -0.494 e. The zero-order valence-corrected chi connectivity index (χ0v) is 9.03. The second-order valence-electron chi connectivity index (χ2n) is 3.67. The number of rotatable bonds is 4. The van der Waals surface area contributed by atoms with Gasteiger partial charge in [0, 0.05) is 18.4 Å². The van der Waals surface area contributed by atoms with Crippen LogP contribution in [-0.4, -0.2) is 25.9 Å². The maximum absolute atomic E-state index is 5.44. The third-order valence-corrected chi connectivity index (χ3v) is 2.45. The summed E-state index contributed by atoms with van der Waals surface area (Å²) in [5.74, 6) is 0.918. The van der Waals surface area contributed by atoms with Gasteiger partial charge in [-0.25, -0.2) is 0 Å². The molecule has 3 nitrogen and oxygen atoms in total. The monoisotopic (exact) mass is 207 g/mol. The van der Waals surface area contributed by atoms with Crippen LogP contribution in [0.4, 0.5) is 5.69 Å². The predicted molar refractivity (Wildman–Crippen MR) is 60.5 cm³/mol. The van der Waals surface area contributed by atoms with Gasteiger partial charge >= 0.3 is 0 Å². The SMILES string of the molecule is CCOc1cccc(NC2CCOC2)c1. The molecule has 0 radical (unpaired) electrons. The van der Waals surface area contributed by atoms with Crippen molar-refractivity contribution in [2.75, 3.05) is 25.1 Å². The van der Waals surface area contributed by atoms with E-state index in [9.17, 15) is 0 Å². The molecule has 1 aromatic carbocycles. The van der Waals surface area contributed by atoms with Crippen molar-refractivity contribution in [2.45, 2.75) is 19.4 Å². The molecular formula is C12H17NO2. The first-order valence-electron chi connectivity index (χ1n) is 5.45. The van der Waals surface area contributed by atoms with Crippen LogP contribution in [0.1, 0.15) is 13.3 Å². The first-order valence-corrected chi connectivity index (χ1v) is 5.45. The molecule has 1 aliphatic rings. The lowest BCUT2D eigenvalue weighted by Crippen LogP contribution is -2.18. The standard InChI is InChI=1S/C12H17NO2/c1-2-15-12-5-3-4-10(8-12)13-11-6-7-14-9-11/h3-5,8,11,13H,2,6-7,9H2,1H3. The number of hydrogen-bond donors (Lipinski definition) is 1. The molecule has 1 aliphatic heterocycles. The predicted octanol–water partition coefficient (Wildman–Crippen LogP) is 2.29. The summed E-state index contributed by atoms with van der Waals surface area (Å²) in [6.07, 6.45) is 1.08. The van der Waals surface area contributed by atoms with Gasteiger partial charge < -0.3 is 14.8 Å². The number of anilines is 1. The van der Waals surface area contributed by atoms with Crippen molar-refractivity contribution in [3.05, 3.63) is 24.3 Å². The Morgan fingerprint density at radius 1 is 1.53 bits per heavy atom. The summed E-state index contributed by atoms with van der Waals surface area (Å²) in [5.41, 5.74) is 1.11. The maximum atomic E-state index is 5.44. The summed E-state index contributed by atoms with van der Waals surface area (Å²) < 4.78 is 10.8. The first-order chi connectivity index (χ1) is 7.38. The van der Waals surface area contributed by atoms with Crippen molar-refractivity contribution in [3.8, 4) is 5.75 Å². The normalized spacial score (nSPS) is 20.2. The van der Waals surface area contributed by atoms with Gasteiger partial charge in [-0.3, -0.25) is 0 Å². The van der Waals surface area contributed by atoms with Crippen LogP contribution in [0, 0.1) is 0 Å². The van der Waals surface area contributed by atoms with Crippen LogP contribution in [0.3, 0.4) is 0 Å².